The summed E-state index contributed by atoms with van der Waals surface area (Å²) in [6.07, 6.45) is 3.11. The van der Waals surface area contributed by atoms with Gasteiger partial charge in [0.1, 0.15) is 11.6 Å². The van der Waals surface area contributed by atoms with E-state index in [1.165, 1.54) is 0 Å². The lowest BCUT2D eigenvalue weighted by atomic mass is 10.1. The van der Waals surface area contributed by atoms with Crippen molar-refractivity contribution < 1.29 is 0 Å². The summed E-state index contributed by atoms with van der Waals surface area (Å²) in [5, 5.41) is 14.5. The quantitative estimate of drug-likeness (QED) is 0.395. The third-order valence-corrected chi connectivity index (χ3v) is 4.98. The molecule has 0 saturated heterocycles. The predicted octanol–water partition coefficient (Wildman–Crippen LogP) is 2.81. The molecule has 1 aliphatic rings. The van der Waals surface area contributed by atoms with E-state index in [1.54, 1.807) is 11.3 Å². The van der Waals surface area contributed by atoms with Crippen LogP contribution in [-0.2, 0) is 19.5 Å². The molecule has 0 aromatic carbocycles. The molecule has 0 bridgehead atoms. The summed E-state index contributed by atoms with van der Waals surface area (Å²) in [7, 11) is 0. The minimum Gasteiger partial charge on any atom is -0.357 e. The Labute approximate surface area is 169 Å². The average Bonchev–Trinajstić information content (AvgIpc) is 3.18. The number of thiazole rings is 1. The third kappa shape index (κ3) is 5.13. The number of nitrogens with one attached hydrogen (secondary N) is 2. The second-order valence-corrected chi connectivity index (χ2v) is 6.80. The average molecular weight is 475 g/mol. The minimum absolute atomic E-state index is 0. The molecule has 138 valence electrons. The Hall–Kier alpha value is -1.23. The maximum Gasteiger partial charge on any atom is 0.192 e. The van der Waals surface area contributed by atoms with Crippen LogP contribution in [0, 0.1) is 6.92 Å². The SMILES string of the molecule is CCNC(=NCc1csc(CC)n1)NC1CCCn2nc(C)nc21.I. The molecule has 9 heteroatoms. The van der Waals surface area contributed by atoms with Crippen molar-refractivity contribution in [2.24, 2.45) is 4.99 Å². The van der Waals surface area contributed by atoms with E-state index in [1.807, 2.05) is 11.6 Å². The molecule has 0 saturated carbocycles. The second kappa shape index (κ2) is 9.46. The highest BCUT2D eigenvalue weighted by atomic mass is 127. The zero-order valence-corrected chi connectivity index (χ0v) is 18.1. The first-order chi connectivity index (χ1) is 11.7. The van der Waals surface area contributed by atoms with Gasteiger partial charge in [0, 0.05) is 18.5 Å². The number of aliphatic imine (C=N–C) groups is 1. The van der Waals surface area contributed by atoms with E-state index in [9.17, 15) is 0 Å². The van der Waals surface area contributed by atoms with E-state index in [4.69, 9.17) is 0 Å². The molecule has 1 unspecified atom stereocenters. The Morgan fingerprint density at radius 2 is 2.24 bits per heavy atom. The largest absolute Gasteiger partial charge is 0.357 e. The summed E-state index contributed by atoms with van der Waals surface area (Å²) < 4.78 is 2.01. The molecular weight excluding hydrogens is 449 g/mol. The van der Waals surface area contributed by atoms with Gasteiger partial charge in [0.15, 0.2) is 5.96 Å². The van der Waals surface area contributed by atoms with Crippen LogP contribution in [0.5, 0.6) is 0 Å². The standard InChI is InChI=1S/C16H25N7S.HI/c1-4-14-20-12(10-24-14)9-18-16(17-5-2)21-13-7-6-8-23-15(13)19-11(3)22-23;/h10,13H,4-9H2,1-3H3,(H2,17,18,21);1H. The van der Waals surface area contributed by atoms with Gasteiger partial charge in [-0.15, -0.1) is 35.3 Å². The van der Waals surface area contributed by atoms with Gasteiger partial charge >= 0.3 is 0 Å². The van der Waals surface area contributed by atoms with Gasteiger partial charge < -0.3 is 10.6 Å². The lowest BCUT2D eigenvalue weighted by Crippen LogP contribution is -2.41. The summed E-state index contributed by atoms with van der Waals surface area (Å²) in [4.78, 5) is 13.8. The van der Waals surface area contributed by atoms with E-state index < -0.39 is 0 Å². The van der Waals surface area contributed by atoms with Gasteiger partial charge in [-0.25, -0.2) is 19.6 Å². The van der Waals surface area contributed by atoms with Gasteiger partial charge in [-0.05, 0) is 33.1 Å². The Balaban J connectivity index is 0.00000225. The number of guanidine groups is 1. The smallest absolute Gasteiger partial charge is 0.192 e. The minimum atomic E-state index is 0. The summed E-state index contributed by atoms with van der Waals surface area (Å²) in [5.41, 5.74) is 1.02. The fraction of sp³-hybridized carbons (Fsp3) is 0.625. The first-order valence-corrected chi connectivity index (χ1v) is 9.47. The van der Waals surface area contributed by atoms with E-state index in [0.717, 1.165) is 60.7 Å². The van der Waals surface area contributed by atoms with Crippen LogP contribution < -0.4 is 10.6 Å². The van der Waals surface area contributed by atoms with Gasteiger partial charge in [-0.1, -0.05) is 6.92 Å². The first kappa shape index (κ1) is 20.1. The maximum absolute atomic E-state index is 4.69. The van der Waals surface area contributed by atoms with Crippen LogP contribution in [0.1, 0.15) is 55.1 Å². The van der Waals surface area contributed by atoms with Gasteiger partial charge in [0.25, 0.3) is 0 Å². The van der Waals surface area contributed by atoms with Crippen molar-refractivity contribution in [3.63, 3.8) is 0 Å². The molecule has 0 radical (unpaired) electrons. The van der Waals surface area contributed by atoms with Gasteiger partial charge in [-0.3, -0.25) is 0 Å². The topological polar surface area (TPSA) is 80.0 Å². The monoisotopic (exact) mass is 475 g/mol. The number of nitrogens with zero attached hydrogens (tertiary/aromatic N) is 5. The summed E-state index contributed by atoms with van der Waals surface area (Å²) in [6, 6.07) is 0.152. The molecule has 2 aromatic rings. The Morgan fingerprint density at radius 3 is 2.96 bits per heavy atom. The van der Waals surface area contributed by atoms with Crippen LogP contribution in [0.2, 0.25) is 0 Å². The zero-order valence-electron chi connectivity index (χ0n) is 14.9. The van der Waals surface area contributed by atoms with Crippen molar-refractivity contribution in [3.8, 4) is 0 Å². The number of halogens is 1. The van der Waals surface area contributed by atoms with Crippen LogP contribution in [0.4, 0.5) is 0 Å². The highest BCUT2D eigenvalue weighted by Gasteiger charge is 2.24. The van der Waals surface area contributed by atoms with Gasteiger partial charge in [0.2, 0.25) is 0 Å². The first-order valence-electron chi connectivity index (χ1n) is 8.59. The van der Waals surface area contributed by atoms with E-state index in [0.29, 0.717) is 6.54 Å². The van der Waals surface area contributed by atoms with Crippen molar-refractivity contribution in [2.75, 3.05) is 6.54 Å². The number of fused-ring (bicyclic) bond motifs is 1. The van der Waals surface area contributed by atoms with Gasteiger partial charge in [0.05, 0.1) is 23.3 Å². The van der Waals surface area contributed by atoms with E-state index in [-0.39, 0.29) is 30.0 Å². The zero-order chi connectivity index (χ0) is 16.9. The normalized spacial score (nSPS) is 16.9. The molecule has 2 aromatic heterocycles. The number of hydrogen-bond acceptors (Lipinski definition) is 5. The molecular formula is C16H26IN7S. The van der Waals surface area contributed by atoms with Crippen molar-refractivity contribution in [1.82, 2.24) is 30.4 Å². The molecule has 0 spiro atoms. The van der Waals surface area contributed by atoms with Crippen LogP contribution in [0.25, 0.3) is 0 Å². The molecule has 3 rings (SSSR count). The Kier molecular flexibility index (Phi) is 7.60. The molecule has 0 amide bonds. The summed E-state index contributed by atoms with van der Waals surface area (Å²) in [6.45, 7) is 8.49. The van der Waals surface area contributed by atoms with Crippen molar-refractivity contribution in [1.29, 1.82) is 0 Å². The second-order valence-electron chi connectivity index (χ2n) is 5.86. The van der Waals surface area contributed by atoms with Crippen LogP contribution in [-0.4, -0.2) is 32.3 Å². The molecule has 25 heavy (non-hydrogen) atoms. The van der Waals surface area contributed by atoms with Crippen LogP contribution >= 0.6 is 35.3 Å². The van der Waals surface area contributed by atoms with Crippen LogP contribution in [0.15, 0.2) is 10.4 Å². The highest BCUT2D eigenvalue weighted by Crippen LogP contribution is 2.22. The lowest BCUT2D eigenvalue weighted by Gasteiger charge is -2.24. The fourth-order valence-electron chi connectivity index (χ4n) is 2.83. The number of rotatable bonds is 5. The highest BCUT2D eigenvalue weighted by molar-refractivity contribution is 14.0. The van der Waals surface area contributed by atoms with Crippen molar-refractivity contribution in [3.05, 3.63) is 27.7 Å². The summed E-state index contributed by atoms with van der Waals surface area (Å²) in [5.74, 6) is 2.64. The van der Waals surface area contributed by atoms with Crippen LogP contribution in [0.3, 0.4) is 0 Å². The van der Waals surface area contributed by atoms with Crippen molar-refractivity contribution >= 4 is 41.3 Å². The maximum atomic E-state index is 4.69. The Bertz CT molecular complexity index is 709. The number of hydrogen-bond donors (Lipinski definition) is 2. The molecule has 0 aliphatic carbocycles. The van der Waals surface area contributed by atoms with E-state index in [2.05, 4.69) is 49.9 Å². The molecule has 2 N–H and O–H groups in total. The molecule has 0 fully saturated rings. The lowest BCUT2D eigenvalue weighted by molar-refractivity contribution is 0.397. The van der Waals surface area contributed by atoms with E-state index >= 15 is 0 Å². The van der Waals surface area contributed by atoms with Gasteiger partial charge in [-0.2, -0.15) is 5.10 Å². The number of aromatic nitrogens is 4. The summed E-state index contributed by atoms with van der Waals surface area (Å²) >= 11 is 1.70. The third-order valence-electron chi connectivity index (χ3n) is 3.94. The molecule has 1 atom stereocenters. The predicted molar refractivity (Wildman–Crippen MR) is 112 cm³/mol. The molecule has 3 heterocycles. The number of aryl methyl sites for hydroxylation is 3. The Morgan fingerprint density at radius 1 is 1.40 bits per heavy atom. The molecule has 1 aliphatic heterocycles. The molecule has 7 nitrogen and oxygen atoms in total. The van der Waals surface area contributed by atoms with Crippen molar-refractivity contribution in [2.45, 2.75) is 59.2 Å². The fourth-order valence-corrected chi connectivity index (χ4v) is 3.57.